The van der Waals surface area contributed by atoms with Crippen LogP contribution < -0.4 is 10.6 Å². The van der Waals surface area contributed by atoms with E-state index in [9.17, 15) is 4.79 Å². The van der Waals surface area contributed by atoms with Crippen LogP contribution in [0.3, 0.4) is 0 Å². The van der Waals surface area contributed by atoms with Crippen LogP contribution in [-0.2, 0) is 4.74 Å². The summed E-state index contributed by atoms with van der Waals surface area (Å²) in [6.07, 6.45) is 1.57. The molecule has 0 fully saturated rings. The van der Waals surface area contributed by atoms with E-state index >= 15 is 0 Å². The molecule has 2 N–H and O–H groups in total. The molecule has 0 atom stereocenters. The maximum absolute atomic E-state index is 11.7. The molecule has 0 amide bonds. The molecule has 8 heteroatoms. The minimum atomic E-state index is -0.461. The second-order valence-electron chi connectivity index (χ2n) is 5.39. The third-order valence-corrected chi connectivity index (χ3v) is 3.88. The van der Waals surface area contributed by atoms with Gasteiger partial charge < -0.3 is 15.4 Å². The highest BCUT2D eigenvalue weighted by Gasteiger charge is 2.10. The van der Waals surface area contributed by atoms with Crippen molar-refractivity contribution < 1.29 is 9.53 Å². The number of ether oxygens (including phenoxy) is 1. The zero-order valence-electron chi connectivity index (χ0n) is 14.2. The van der Waals surface area contributed by atoms with Crippen molar-refractivity contribution in [3.05, 3.63) is 70.9 Å². The Morgan fingerprint density at radius 2 is 2.04 bits per heavy atom. The summed E-state index contributed by atoms with van der Waals surface area (Å²) in [4.78, 5) is 20.2. The molecular weight excluding hydrogens is 366 g/mol. The number of nitriles is 1. The summed E-state index contributed by atoms with van der Waals surface area (Å²) in [5.74, 6) is 0.361. The first-order chi connectivity index (χ1) is 13.1. The number of hydrogen-bond donors (Lipinski definition) is 2. The van der Waals surface area contributed by atoms with Crippen molar-refractivity contribution in [3.63, 3.8) is 0 Å². The van der Waals surface area contributed by atoms with Crippen LogP contribution >= 0.6 is 11.6 Å². The highest BCUT2D eigenvalue weighted by Crippen LogP contribution is 2.26. The summed E-state index contributed by atoms with van der Waals surface area (Å²) in [7, 11) is 1.31. The summed E-state index contributed by atoms with van der Waals surface area (Å²) in [6, 6.07) is 15.5. The molecule has 0 saturated heterocycles. The summed E-state index contributed by atoms with van der Waals surface area (Å²) in [5, 5.41) is 15.5. The molecule has 0 bridgehead atoms. The van der Waals surface area contributed by atoms with Crippen molar-refractivity contribution in [2.75, 3.05) is 17.7 Å². The molecule has 0 spiro atoms. The second-order valence-corrected chi connectivity index (χ2v) is 5.80. The predicted octanol–water partition coefficient (Wildman–Crippen LogP) is 4.28. The number of carbonyl (C=O) groups is 1. The molecule has 7 nitrogen and oxygen atoms in total. The Balaban J connectivity index is 1.82. The smallest absolute Gasteiger partial charge is 0.337 e. The fourth-order valence-corrected chi connectivity index (χ4v) is 2.45. The van der Waals surface area contributed by atoms with E-state index in [4.69, 9.17) is 21.6 Å². The number of esters is 1. The van der Waals surface area contributed by atoms with Crippen LogP contribution in [-0.4, -0.2) is 23.0 Å². The lowest BCUT2D eigenvalue weighted by molar-refractivity contribution is 0.0601. The zero-order valence-corrected chi connectivity index (χ0v) is 15.0. The first-order valence-corrected chi connectivity index (χ1v) is 8.22. The first-order valence-electron chi connectivity index (χ1n) is 7.84. The molecule has 0 saturated carbocycles. The van der Waals surface area contributed by atoms with Crippen molar-refractivity contribution >= 4 is 40.7 Å². The SMILES string of the molecule is COC(=O)c1ccc(Cl)c(Nc2ccnc(Nc3cccc(C#N)c3)n2)c1. The molecule has 3 rings (SSSR count). The van der Waals surface area contributed by atoms with E-state index < -0.39 is 5.97 Å². The number of anilines is 4. The van der Waals surface area contributed by atoms with Gasteiger partial charge in [0.1, 0.15) is 5.82 Å². The molecule has 0 aliphatic heterocycles. The average Bonchev–Trinajstić information content (AvgIpc) is 2.69. The van der Waals surface area contributed by atoms with Crippen LogP contribution in [0.5, 0.6) is 0 Å². The molecule has 27 heavy (non-hydrogen) atoms. The fourth-order valence-electron chi connectivity index (χ4n) is 2.29. The molecule has 134 valence electrons. The van der Waals surface area contributed by atoms with Crippen LogP contribution in [0.2, 0.25) is 5.02 Å². The monoisotopic (exact) mass is 379 g/mol. The molecule has 1 aromatic heterocycles. The molecule has 0 unspecified atom stereocenters. The number of hydrogen-bond acceptors (Lipinski definition) is 7. The third kappa shape index (κ3) is 4.51. The lowest BCUT2D eigenvalue weighted by Gasteiger charge is -2.11. The van der Waals surface area contributed by atoms with E-state index in [1.807, 2.05) is 0 Å². The number of aromatic nitrogens is 2. The van der Waals surface area contributed by atoms with E-state index in [2.05, 4.69) is 26.7 Å². The Bertz CT molecular complexity index is 1030. The zero-order chi connectivity index (χ0) is 19.2. The van der Waals surface area contributed by atoms with Crippen LogP contribution in [0.15, 0.2) is 54.7 Å². The minimum Gasteiger partial charge on any atom is -0.465 e. The number of methoxy groups -OCH3 is 1. The Kier molecular flexibility index (Phi) is 5.50. The molecule has 0 aliphatic rings. The van der Waals surface area contributed by atoms with E-state index in [1.165, 1.54) is 7.11 Å². The minimum absolute atomic E-state index is 0.343. The topological polar surface area (TPSA) is 99.9 Å². The van der Waals surface area contributed by atoms with E-state index in [0.717, 1.165) is 0 Å². The van der Waals surface area contributed by atoms with Gasteiger partial charge >= 0.3 is 5.97 Å². The Morgan fingerprint density at radius 3 is 2.81 bits per heavy atom. The number of carbonyl (C=O) groups excluding carboxylic acids is 1. The molecule has 2 aromatic carbocycles. The lowest BCUT2D eigenvalue weighted by Crippen LogP contribution is -2.04. The quantitative estimate of drug-likeness (QED) is 0.638. The van der Waals surface area contributed by atoms with Gasteiger partial charge in [0.25, 0.3) is 0 Å². The number of halogens is 1. The van der Waals surface area contributed by atoms with Crippen molar-refractivity contribution in [2.24, 2.45) is 0 Å². The van der Waals surface area contributed by atoms with Crippen LogP contribution in [0.4, 0.5) is 23.1 Å². The lowest BCUT2D eigenvalue weighted by atomic mass is 10.2. The Labute approximate surface area is 160 Å². The van der Waals surface area contributed by atoms with Crippen molar-refractivity contribution in [1.29, 1.82) is 5.26 Å². The predicted molar refractivity (Wildman–Crippen MR) is 103 cm³/mol. The number of benzene rings is 2. The van der Waals surface area contributed by atoms with Crippen molar-refractivity contribution in [3.8, 4) is 6.07 Å². The maximum Gasteiger partial charge on any atom is 0.337 e. The van der Waals surface area contributed by atoms with Gasteiger partial charge in [0.05, 0.1) is 35.0 Å². The van der Waals surface area contributed by atoms with Gasteiger partial charge in [-0.15, -0.1) is 0 Å². The van der Waals surface area contributed by atoms with Gasteiger partial charge in [0.15, 0.2) is 0 Å². The van der Waals surface area contributed by atoms with Crippen LogP contribution in [0.1, 0.15) is 15.9 Å². The summed E-state index contributed by atoms with van der Waals surface area (Å²) in [6.45, 7) is 0. The fraction of sp³-hybridized carbons (Fsp3) is 0.0526. The molecule has 0 aliphatic carbocycles. The Morgan fingerprint density at radius 1 is 1.19 bits per heavy atom. The standard InChI is InChI=1S/C19H14ClN5O2/c1-27-18(26)13-5-6-15(20)16(10-13)24-17-7-8-22-19(25-17)23-14-4-2-3-12(9-14)11-21/h2-10H,1H3,(H2,22,23,24,25). The van der Waals surface area contributed by atoms with E-state index in [1.54, 1.807) is 54.7 Å². The van der Waals surface area contributed by atoms with Gasteiger partial charge in [0, 0.05) is 11.9 Å². The molecular formula is C19H14ClN5O2. The summed E-state index contributed by atoms with van der Waals surface area (Å²) in [5.41, 5.74) is 2.10. The normalized spacial score (nSPS) is 9.96. The first kappa shape index (κ1) is 18.2. The van der Waals surface area contributed by atoms with Gasteiger partial charge in [-0.25, -0.2) is 9.78 Å². The summed E-state index contributed by atoms with van der Waals surface area (Å²) < 4.78 is 4.72. The summed E-state index contributed by atoms with van der Waals surface area (Å²) >= 11 is 6.19. The average molecular weight is 380 g/mol. The van der Waals surface area contributed by atoms with Gasteiger partial charge in [-0.3, -0.25) is 0 Å². The molecule has 3 aromatic rings. The number of rotatable bonds is 5. The van der Waals surface area contributed by atoms with E-state index in [0.29, 0.717) is 39.3 Å². The number of nitrogens with zero attached hydrogens (tertiary/aromatic N) is 3. The second kappa shape index (κ2) is 8.17. The number of nitrogens with one attached hydrogen (secondary N) is 2. The van der Waals surface area contributed by atoms with Gasteiger partial charge in [0.2, 0.25) is 5.95 Å². The molecule has 1 heterocycles. The van der Waals surface area contributed by atoms with Gasteiger partial charge in [-0.2, -0.15) is 10.2 Å². The Hall–Kier alpha value is -3.63. The highest BCUT2D eigenvalue weighted by atomic mass is 35.5. The van der Waals surface area contributed by atoms with Crippen LogP contribution in [0, 0.1) is 11.3 Å². The third-order valence-electron chi connectivity index (χ3n) is 3.55. The maximum atomic E-state index is 11.7. The van der Waals surface area contributed by atoms with Crippen molar-refractivity contribution in [2.45, 2.75) is 0 Å². The highest BCUT2D eigenvalue weighted by molar-refractivity contribution is 6.33. The van der Waals surface area contributed by atoms with Gasteiger partial charge in [-0.1, -0.05) is 17.7 Å². The van der Waals surface area contributed by atoms with Gasteiger partial charge in [-0.05, 0) is 42.5 Å². The van der Waals surface area contributed by atoms with E-state index in [-0.39, 0.29) is 0 Å². The largest absolute Gasteiger partial charge is 0.465 e. The molecule has 0 radical (unpaired) electrons. The van der Waals surface area contributed by atoms with Crippen molar-refractivity contribution in [1.82, 2.24) is 9.97 Å². The van der Waals surface area contributed by atoms with Crippen LogP contribution in [0.25, 0.3) is 0 Å².